The highest BCUT2D eigenvalue weighted by molar-refractivity contribution is 5.78. The van der Waals surface area contributed by atoms with Crippen molar-refractivity contribution in [2.24, 2.45) is 0 Å². The molecule has 6 nitrogen and oxygen atoms in total. The van der Waals surface area contributed by atoms with Crippen LogP contribution in [0.25, 0.3) is 0 Å². The number of nitrogens with zero attached hydrogens (tertiary/aromatic N) is 1. The number of aromatic nitrogens is 1. The fourth-order valence-electron chi connectivity index (χ4n) is 4.78. The number of benzene rings is 2. The Balaban J connectivity index is 1.34. The highest BCUT2D eigenvalue weighted by Gasteiger charge is 2.36. The number of aryl methyl sites for hydroxylation is 1. The van der Waals surface area contributed by atoms with Crippen LogP contribution in [0, 0.1) is 18.6 Å². The van der Waals surface area contributed by atoms with Crippen molar-refractivity contribution in [3.05, 3.63) is 77.0 Å². The first-order chi connectivity index (χ1) is 17.6. The number of hydrogen-bond donors (Lipinski definition) is 1. The molecule has 1 aliphatic carbocycles. The van der Waals surface area contributed by atoms with E-state index in [0.717, 1.165) is 42.3 Å². The van der Waals surface area contributed by atoms with E-state index in [1.807, 2.05) is 6.92 Å². The summed E-state index contributed by atoms with van der Waals surface area (Å²) in [6, 6.07) is 9.98. The zero-order valence-corrected chi connectivity index (χ0v) is 21.5. The van der Waals surface area contributed by atoms with E-state index in [-0.39, 0.29) is 17.6 Å². The number of hydrogen-bond acceptors (Lipinski definition) is 5. The molecule has 0 bridgehead atoms. The molecule has 0 radical (unpaired) electrons. The molecule has 1 aromatic heterocycles. The number of aliphatic carboxylic acids is 1. The quantitative estimate of drug-likeness (QED) is 0.330. The topological polar surface area (TPSA) is 81.8 Å². The summed E-state index contributed by atoms with van der Waals surface area (Å²) in [5, 5.41) is 9.75. The van der Waals surface area contributed by atoms with Gasteiger partial charge in [0.15, 0.2) is 11.6 Å². The molecular formula is C29H33F2NO5. The molecule has 198 valence electrons. The third-order valence-electron chi connectivity index (χ3n) is 7.13. The van der Waals surface area contributed by atoms with Crippen LogP contribution in [0.3, 0.4) is 0 Å². The number of oxazole rings is 1. The summed E-state index contributed by atoms with van der Waals surface area (Å²) in [5.74, 6) is -1.12. The van der Waals surface area contributed by atoms with Gasteiger partial charge in [-0.15, -0.1) is 0 Å². The second-order valence-electron chi connectivity index (χ2n) is 10.3. The lowest BCUT2D eigenvalue weighted by molar-refractivity contribution is -0.153. The van der Waals surface area contributed by atoms with Gasteiger partial charge < -0.3 is 19.0 Å². The summed E-state index contributed by atoms with van der Waals surface area (Å²) < 4.78 is 44.2. The van der Waals surface area contributed by atoms with E-state index in [2.05, 4.69) is 6.92 Å². The molecule has 1 N–H and O–H groups in total. The smallest absolute Gasteiger partial charge is 0.348 e. The Morgan fingerprint density at radius 2 is 1.76 bits per heavy atom. The van der Waals surface area contributed by atoms with Gasteiger partial charge in [-0.2, -0.15) is 0 Å². The van der Waals surface area contributed by atoms with E-state index in [0.29, 0.717) is 24.3 Å². The molecule has 4 rings (SSSR count). The van der Waals surface area contributed by atoms with Gasteiger partial charge in [0.25, 0.3) is 0 Å². The third-order valence-corrected chi connectivity index (χ3v) is 7.13. The monoisotopic (exact) mass is 513 g/mol. The predicted octanol–water partition coefficient (Wildman–Crippen LogP) is 6.57. The molecule has 8 heteroatoms. The molecule has 0 aliphatic heterocycles. The van der Waals surface area contributed by atoms with Crippen molar-refractivity contribution in [2.75, 3.05) is 6.61 Å². The first kappa shape index (κ1) is 26.6. The Bertz CT molecular complexity index is 1230. The van der Waals surface area contributed by atoms with E-state index in [1.54, 1.807) is 24.3 Å². The lowest BCUT2D eigenvalue weighted by Gasteiger charge is -2.30. The van der Waals surface area contributed by atoms with Crippen molar-refractivity contribution in [1.29, 1.82) is 0 Å². The molecule has 1 aliphatic rings. The number of carbonyl (C=O) groups is 1. The first-order valence-corrected chi connectivity index (χ1v) is 12.6. The molecule has 37 heavy (non-hydrogen) atoms. The van der Waals surface area contributed by atoms with Gasteiger partial charge in [-0.05, 0) is 56.5 Å². The van der Waals surface area contributed by atoms with Crippen molar-refractivity contribution in [2.45, 2.75) is 76.7 Å². The Kier molecular flexibility index (Phi) is 7.85. The summed E-state index contributed by atoms with van der Waals surface area (Å²) in [6.45, 7) is 5.99. The Labute approximate surface area is 215 Å². The highest BCUT2D eigenvalue weighted by Crippen LogP contribution is 2.39. The minimum absolute atomic E-state index is 0.0109. The molecule has 1 saturated carbocycles. The molecule has 1 atom stereocenters. The fraction of sp³-hybridized carbons (Fsp3) is 0.448. The van der Waals surface area contributed by atoms with E-state index < -0.39 is 23.2 Å². The highest BCUT2D eigenvalue weighted by atomic mass is 19.2. The second kappa shape index (κ2) is 10.9. The van der Waals surface area contributed by atoms with Crippen LogP contribution < -0.4 is 9.47 Å². The predicted molar refractivity (Wildman–Crippen MR) is 134 cm³/mol. The van der Waals surface area contributed by atoms with Gasteiger partial charge in [-0.3, -0.25) is 0 Å². The van der Waals surface area contributed by atoms with Crippen molar-refractivity contribution in [1.82, 2.24) is 4.98 Å². The van der Waals surface area contributed by atoms with Gasteiger partial charge in [0.2, 0.25) is 11.5 Å². The largest absolute Gasteiger partial charge is 0.493 e. The van der Waals surface area contributed by atoms with E-state index in [9.17, 15) is 18.7 Å². The normalized spacial score (nSPS) is 16.7. The number of halogens is 2. The fourth-order valence-corrected chi connectivity index (χ4v) is 4.78. The maximum Gasteiger partial charge on any atom is 0.348 e. The van der Waals surface area contributed by atoms with Crippen LogP contribution >= 0.6 is 0 Å². The van der Waals surface area contributed by atoms with Crippen LogP contribution in [-0.4, -0.2) is 28.3 Å². The molecule has 0 saturated heterocycles. The standard InChI is InChI=1S/C29H33F2NO5/c1-19-25(32-26(36-19)28(2)14-5-4-6-15-28)13-16-35-21-9-7-20(8-10-21)18-29(3,27(33)34)37-22-11-12-23(30)24(31)17-22/h7-12,17H,4-6,13-16,18H2,1-3H3,(H,33,34). The van der Waals surface area contributed by atoms with Gasteiger partial charge in [-0.1, -0.05) is 38.3 Å². The van der Waals surface area contributed by atoms with E-state index in [4.69, 9.17) is 18.9 Å². The third kappa shape index (κ3) is 6.29. The number of rotatable bonds is 10. The van der Waals surface area contributed by atoms with Gasteiger partial charge in [0.1, 0.15) is 17.3 Å². The van der Waals surface area contributed by atoms with Crippen LogP contribution in [0.1, 0.15) is 68.9 Å². The summed E-state index contributed by atoms with van der Waals surface area (Å²) in [7, 11) is 0. The van der Waals surface area contributed by atoms with Crippen LogP contribution in [-0.2, 0) is 23.1 Å². The molecule has 1 fully saturated rings. The zero-order chi connectivity index (χ0) is 26.6. The van der Waals surface area contributed by atoms with E-state index in [1.165, 1.54) is 32.3 Å². The van der Waals surface area contributed by atoms with E-state index >= 15 is 0 Å². The summed E-state index contributed by atoms with van der Waals surface area (Å²) in [4.78, 5) is 16.7. The molecule has 0 spiro atoms. The van der Waals surface area contributed by atoms with Crippen LogP contribution in [0.15, 0.2) is 46.9 Å². The summed E-state index contributed by atoms with van der Waals surface area (Å²) >= 11 is 0. The minimum Gasteiger partial charge on any atom is -0.493 e. The molecular weight excluding hydrogens is 480 g/mol. The second-order valence-corrected chi connectivity index (χ2v) is 10.3. The van der Waals surface area contributed by atoms with Gasteiger partial charge in [0.05, 0.1) is 12.3 Å². The lowest BCUT2D eigenvalue weighted by Crippen LogP contribution is -2.43. The summed E-state index contributed by atoms with van der Waals surface area (Å²) in [6.07, 6.45) is 6.51. The minimum atomic E-state index is -1.68. The van der Waals surface area contributed by atoms with Crippen molar-refractivity contribution >= 4 is 5.97 Å². The average molecular weight is 514 g/mol. The summed E-state index contributed by atoms with van der Waals surface area (Å²) in [5.41, 5.74) is -0.0663. The molecule has 1 unspecified atom stereocenters. The first-order valence-electron chi connectivity index (χ1n) is 12.6. The Morgan fingerprint density at radius 3 is 2.41 bits per heavy atom. The van der Waals surface area contributed by atoms with Crippen molar-refractivity contribution < 1.29 is 32.6 Å². The number of ether oxygens (including phenoxy) is 2. The Morgan fingerprint density at radius 1 is 1.08 bits per heavy atom. The molecule has 2 aromatic carbocycles. The Hall–Kier alpha value is -3.42. The van der Waals surface area contributed by atoms with Gasteiger partial charge in [-0.25, -0.2) is 18.6 Å². The molecule has 0 amide bonds. The molecule has 1 heterocycles. The average Bonchev–Trinajstić information content (AvgIpc) is 3.24. The number of carboxylic acids is 1. The maximum atomic E-state index is 13.5. The number of carboxylic acid groups (broad SMARTS) is 1. The zero-order valence-electron chi connectivity index (χ0n) is 21.5. The van der Waals surface area contributed by atoms with Gasteiger partial charge in [0, 0.05) is 24.3 Å². The molecule has 3 aromatic rings. The van der Waals surface area contributed by atoms with Crippen molar-refractivity contribution in [3.63, 3.8) is 0 Å². The van der Waals surface area contributed by atoms with Crippen LogP contribution in [0.2, 0.25) is 0 Å². The maximum absolute atomic E-state index is 13.5. The lowest BCUT2D eigenvalue weighted by atomic mass is 9.76. The van der Waals surface area contributed by atoms with Crippen molar-refractivity contribution in [3.8, 4) is 11.5 Å². The SMILES string of the molecule is Cc1oc(C2(C)CCCCC2)nc1CCOc1ccc(CC(C)(Oc2ccc(F)c(F)c2)C(=O)O)cc1. The van der Waals surface area contributed by atoms with Crippen LogP contribution in [0.5, 0.6) is 11.5 Å². The van der Waals surface area contributed by atoms with Gasteiger partial charge >= 0.3 is 5.97 Å². The van der Waals surface area contributed by atoms with Crippen LogP contribution in [0.4, 0.5) is 8.78 Å².